The fourth-order valence-corrected chi connectivity index (χ4v) is 4.20. The van der Waals surface area contributed by atoms with Crippen molar-refractivity contribution in [2.45, 2.75) is 25.3 Å². The smallest absolute Gasteiger partial charge is 0.227 e. The average Bonchev–Trinajstić information content (AvgIpc) is 3.24. The number of hydrogen-bond donors (Lipinski definition) is 1. The summed E-state index contributed by atoms with van der Waals surface area (Å²) in [7, 11) is 1.82. The van der Waals surface area contributed by atoms with Crippen LogP contribution in [0.25, 0.3) is 0 Å². The minimum absolute atomic E-state index is 0.0927. The van der Waals surface area contributed by atoms with Gasteiger partial charge in [-0.1, -0.05) is 24.3 Å². The molecule has 1 aromatic heterocycles. The van der Waals surface area contributed by atoms with Crippen LogP contribution in [0.1, 0.15) is 35.8 Å². The van der Waals surface area contributed by atoms with Crippen LogP contribution in [-0.2, 0) is 23.1 Å². The SMILES string of the molecule is Cn1ccnc1C(NC(=O)C1CCCN(C(=O)Cc2ccc(F)cc2)C1)c1cccc(F)c1. The second-order valence-corrected chi connectivity index (χ2v) is 8.38. The zero-order chi connectivity index (χ0) is 23.4. The van der Waals surface area contributed by atoms with E-state index in [0.29, 0.717) is 37.3 Å². The lowest BCUT2D eigenvalue weighted by Gasteiger charge is -2.33. The fourth-order valence-electron chi connectivity index (χ4n) is 4.20. The lowest BCUT2D eigenvalue weighted by Crippen LogP contribution is -2.46. The van der Waals surface area contributed by atoms with Crippen LogP contribution in [0.5, 0.6) is 0 Å². The zero-order valence-electron chi connectivity index (χ0n) is 18.4. The molecule has 0 saturated carbocycles. The summed E-state index contributed by atoms with van der Waals surface area (Å²) < 4.78 is 28.8. The van der Waals surface area contributed by atoms with Crippen molar-refractivity contribution in [3.05, 3.63) is 89.5 Å². The van der Waals surface area contributed by atoms with Gasteiger partial charge in [0.05, 0.1) is 12.3 Å². The number of imidazole rings is 1. The molecular formula is C25H26F2N4O2. The van der Waals surface area contributed by atoms with Gasteiger partial charge in [0, 0.05) is 32.5 Å². The van der Waals surface area contributed by atoms with Gasteiger partial charge in [0.25, 0.3) is 0 Å². The Hall–Kier alpha value is -3.55. The Balaban J connectivity index is 1.46. The number of nitrogens with zero attached hydrogens (tertiary/aromatic N) is 3. The third-order valence-electron chi connectivity index (χ3n) is 6.00. The predicted molar refractivity (Wildman–Crippen MR) is 119 cm³/mol. The highest BCUT2D eigenvalue weighted by atomic mass is 19.1. The number of halogens is 2. The number of nitrogens with one attached hydrogen (secondary N) is 1. The first-order chi connectivity index (χ1) is 15.9. The van der Waals surface area contributed by atoms with Gasteiger partial charge in [-0.25, -0.2) is 13.8 Å². The molecule has 2 heterocycles. The fraction of sp³-hybridized carbons (Fsp3) is 0.320. The van der Waals surface area contributed by atoms with Gasteiger partial charge in [-0.05, 0) is 48.2 Å². The molecule has 8 heteroatoms. The molecule has 172 valence electrons. The van der Waals surface area contributed by atoms with E-state index in [1.54, 1.807) is 46.1 Å². The Labute approximate surface area is 191 Å². The third-order valence-corrected chi connectivity index (χ3v) is 6.00. The van der Waals surface area contributed by atoms with Crippen molar-refractivity contribution in [1.29, 1.82) is 0 Å². The molecule has 3 aromatic rings. The quantitative estimate of drug-likeness (QED) is 0.624. The standard InChI is InChI=1S/C25H26F2N4O2/c1-30-13-11-28-24(30)23(18-4-2-6-21(27)15-18)29-25(33)19-5-3-12-31(16-19)22(32)14-17-7-9-20(26)10-8-17/h2,4,6-11,13,15,19,23H,3,5,12,14,16H2,1H3,(H,29,33). The van der Waals surface area contributed by atoms with Crippen molar-refractivity contribution >= 4 is 11.8 Å². The highest BCUT2D eigenvalue weighted by molar-refractivity contribution is 5.82. The molecule has 0 aliphatic carbocycles. The molecule has 1 aliphatic rings. The molecule has 0 bridgehead atoms. The van der Waals surface area contributed by atoms with Crippen molar-refractivity contribution in [2.75, 3.05) is 13.1 Å². The Morgan fingerprint density at radius 2 is 1.94 bits per heavy atom. The highest BCUT2D eigenvalue weighted by Gasteiger charge is 2.31. The van der Waals surface area contributed by atoms with Crippen LogP contribution in [0.3, 0.4) is 0 Å². The Morgan fingerprint density at radius 3 is 2.64 bits per heavy atom. The molecule has 1 N–H and O–H groups in total. The van der Waals surface area contributed by atoms with Crippen LogP contribution < -0.4 is 5.32 Å². The van der Waals surface area contributed by atoms with Gasteiger partial charge in [-0.2, -0.15) is 0 Å². The van der Waals surface area contributed by atoms with Crippen LogP contribution in [0.4, 0.5) is 8.78 Å². The number of amides is 2. The van der Waals surface area contributed by atoms with Crippen molar-refractivity contribution < 1.29 is 18.4 Å². The Kier molecular flexibility index (Phi) is 6.82. The molecule has 2 unspecified atom stereocenters. The number of carbonyl (C=O) groups is 2. The topological polar surface area (TPSA) is 67.2 Å². The van der Waals surface area contributed by atoms with Crippen LogP contribution in [0, 0.1) is 17.6 Å². The number of carbonyl (C=O) groups excluding carboxylic acids is 2. The molecule has 33 heavy (non-hydrogen) atoms. The second kappa shape index (κ2) is 9.94. The van der Waals surface area contributed by atoms with E-state index in [9.17, 15) is 18.4 Å². The first-order valence-electron chi connectivity index (χ1n) is 11.0. The summed E-state index contributed by atoms with van der Waals surface area (Å²) in [6, 6.07) is 11.3. The van der Waals surface area contributed by atoms with Crippen molar-refractivity contribution in [3.8, 4) is 0 Å². The lowest BCUT2D eigenvalue weighted by molar-refractivity contribution is -0.135. The first-order valence-corrected chi connectivity index (χ1v) is 11.0. The number of benzene rings is 2. The monoisotopic (exact) mass is 452 g/mol. The van der Waals surface area contributed by atoms with Crippen LogP contribution >= 0.6 is 0 Å². The number of rotatable bonds is 6. The minimum atomic E-state index is -0.613. The Morgan fingerprint density at radius 1 is 1.15 bits per heavy atom. The summed E-state index contributed by atoms with van der Waals surface area (Å²) in [6.07, 6.45) is 4.92. The van der Waals surface area contributed by atoms with Gasteiger partial charge in [0.15, 0.2) is 0 Å². The van der Waals surface area contributed by atoms with Gasteiger partial charge in [-0.15, -0.1) is 0 Å². The molecule has 0 spiro atoms. The normalized spacial score (nSPS) is 16.9. The van der Waals surface area contributed by atoms with E-state index in [0.717, 1.165) is 5.56 Å². The van der Waals surface area contributed by atoms with Crippen LogP contribution in [0.15, 0.2) is 60.9 Å². The largest absolute Gasteiger partial charge is 0.342 e. The first kappa shape index (κ1) is 22.6. The molecule has 6 nitrogen and oxygen atoms in total. The second-order valence-electron chi connectivity index (χ2n) is 8.38. The van der Waals surface area contributed by atoms with Gasteiger partial charge < -0.3 is 14.8 Å². The summed E-state index contributed by atoms with van der Waals surface area (Å²) >= 11 is 0. The molecule has 2 atom stereocenters. The molecule has 2 aromatic carbocycles. The van der Waals surface area contributed by atoms with Crippen molar-refractivity contribution in [3.63, 3.8) is 0 Å². The molecule has 4 rings (SSSR count). The van der Waals surface area contributed by atoms with E-state index in [1.165, 1.54) is 24.3 Å². The Bertz CT molecular complexity index is 1130. The summed E-state index contributed by atoms with van der Waals surface area (Å²) in [6.45, 7) is 0.888. The van der Waals surface area contributed by atoms with E-state index >= 15 is 0 Å². The number of aryl methyl sites for hydroxylation is 1. The van der Waals surface area contributed by atoms with E-state index in [1.807, 2.05) is 7.05 Å². The maximum atomic E-state index is 13.9. The van der Waals surface area contributed by atoms with Crippen LogP contribution in [0.2, 0.25) is 0 Å². The van der Waals surface area contributed by atoms with Gasteiger partial charge in [0.2, 0.25) is 11.8 Å². The van der Waals surface area contributed by atoms with E-state index in [-0.39, 0.29) is 30.0 Å². The van der Waals surface area contributed by atoms with E-state index in [2.05, 4.69) is 10.3 Å². The maximum Gasteiger partial charge on any atom is 0.227 e. The summed E-state index contributed by atoms with van der Waals surface area (Å²) in [4.78, 5) is 32.0. The van der Waals surface area contributed by atoms with E-state index < -0.39 is 11.9 Å². The third kappa shape index (κ3) is 5.45. The molecule has 1 fully saturated rings. The molecule has 1 aliphatic heterocycles. The summed E-state index contributed by atoms with van der Waals surface area (Å²) in [5, 5.41) is 3.02. The van der Waals surface area contributed by atoms with Crippen molar-refractivity contribution in [1.82, 2.24) is 19.8 Å². The molecule has 0 radical (unpaired) electrons. The predicted octanol–water partition coefficient (Wildman–Crippen LogP) is 3.39. The average molecular weight is 453 g/mol. The van der Waals surface area contributed by atoms with Gasteiger partial charge >= 0.3 is 0 Å². The maximum absolute atomic E-state index is 13.9. The number of hydrogen-bond acceptors (Lipinski definition) is 3. The number of likely N-dealkylation sites (tertiary alicyclic amines) is 1. The molecule has 1 saturated heterocycles. The molecular weight excluding hydrogens is 426 g/mol. The minimum Gasteiger partial charge on any atom is -0.342 e. The number of piperidine rings is 1. The summed E-state index contributed by atoms with van der Waals surface area (Å²) in [5.41, 5.74) is 1.33. The van der Waals surface area contributed by atoms with Gasteiger partial charge in [-0.3, -0.25) is 9.59 Å². The van der Waals surface area contributed by atoms with Gasteiger partial charge in [0.1, 0.15) is 23.5 Å². The summed E-state index contributed by atoms with van der Waals surface area (Å²) in [5.74, 6) is -0.824. The number of aromatic nitrogens is 2. The van der Waals surface area contributed by atoms with Crippen molar-refractivity contribution in [2.24, 2.45) is 13.0 Å². The highest BCUT2D eigenvalue weighted by Crippen LogP contribution is 2.24. The lowest BCUT2D eigenvalue weighted by atomic mass is 9.95. The van der Waals surface area contributed by atoms with Crippen LogP contribution in [-0.4, -0.2) is 39.4 Å². The zero-order valence-corrected chi connectivity index (χ0v) is 18.4. The molecule has 2 amide bonds. The van der Waals surface area contributed by atoms with E-state index in [4.69, 9.17) is 0 Å².